The maximum Gasteiger partial charge on any atom is 0.411 e. The standard InChI is InChI=1S/C25H26N4O5/c1-15(22(30)31)27-23(32)25(2,3)29-13-16(12-26-29)28-24(33)34-14-21-19-10-6-4-8-17(19)18-9-5-7-11-20(18)21/h4-13,15,21H,14H2,1-3H3,(H,27,32)(H,28,33)(H,30,31)/t15-/m0/s1. The molecule has 1 aliphatic carbocycles. The van der Waals surface area contributed by atoms with Gasteiger partial charge in [-0.15, -0.1) is 0 Å². The van der Waals surface area contributed by atoms with Crippen molar-refractivity contribution in [3.05, 3.63) is 72.1 Å². The molecule has 176 valence electrons. The Morgan fingerprint density at radius 1 is 1.09 bits per heavy atom. The zero-order chi connectivity index (χ0) is 24.5. The van der Waals surface area contributed by atoms with Crippen LogP contribution in [0, 0.1) is 0 Å². The Balaban J connectivity index is 1.40. The number of nitrogens with zero attached hydrogens (tertiary/aromatic N) is 2. The number of hydrogen-bond acceptors (Lipinski definition) is 5. The summed E-state index contributed by atoms with van der Waals surface area (Å²) in [6.45, 7) is 4.75. The Morgan fingerprint density at radius 2 is 1.68 bits per heavy atom. The molecule has 0 aliphatic heterocycles. The summed E-state index contributed by atoms with van der Waals surface area (Å²) in [5, 5.41) is 18.2. The Hall–Kier alpha value is -4.14. The number of carboxylic acid groups (broad SMARTS) is 1. The first-order valence-corrected chi connectivity index (χ1v) is 10.9. The van der Waals surface area contributed by atoms with E-state index < -0.39 is 29.6 Å². The minimum Gasteiger partial charge on any atom is -0.480 e. The van der Waals surface area contributed by atoms with Gasteiger partial charge in [0.05, 0.1) is 11.9 Å². The van der Waals surface area contributed by atoms with Gasteiger partial charge in [-0.3, -0.25) is 19.6 Å². The fourth-order valence-electron chi connectivity index (χ4n) is 3.98. The van der Waals surface area contributed by atoms with Crippen LogP contribution in [-0.4, -0.2) is 45.5 Å². The van der Waals surface area contributed by atoms with Gasteiger partial charge < -0.3 is 15.2 Å². The number of anilines is 1. The molecule has 0 bridgehead atoms. The van der Waals surface area contributed by atoms with E-state index in [4.69, 9.17) is 9.84 Å². The van der Waals surface area contributed by atoms with Crippen molar-refractivity contribution in [3.63, 3.8) is 0 Å². The number of fused-ring (bicyclic) bond motifs is 3. The maximum absolute atomic E-state index is 12.5. The minimum atomic E-state index is -1.18. The quantitative estimate of drug-likeness (QED) is 0.493. The third kappa shape index (κ3) is 4.36. The lowest BCUT2D eigenvalue weighted by Crippen LogP contribution is -2.49. The maximum atomic E-state index is 12.5. The molecule has 0 unspecified atom stereocenters. The lowest BCUT2D eigenvalue weighted by Gasteiger charge is -2.25. The third-order valence-electron chi connectivity index (χ3n) is 6.02. The van der Waals surface area contributed by atoms with Gasteiger partial charge in [-0.2, -0.15) is 5.10 Å². The number of amides is 2. The summed E-state index contributed by atoms with van der Waals surface area (Å²) in [7, 11) is 0. The molecule has 1 atom stereocenters. The fourth-order valence-corrected chi connectivity index (χ4v) is 3.98. The second-order valence-electron chi connectivity index (χ2n) is 8.72. The molecule has 4 rings (SSSR count). The van der Waals surface area contributed by atoms with E-state index in [1.54, 1.807) is 13.8 Å². The van der Waals surface area contributed by atoms with E-state index in [2.05, 4.69) is 27.9 Å². The van der Waals surface area contributed by atoms with Gasteiger partial charge in [-0.05, 0) is 43.0 Å². The normalized spacial score (nSPS) is 13.5. The first kappa shape index (κ1) is 23.0. The largest absolute Gasteiger partial charge is 0.480 e. The predicted molar refractivity (Wildman–Crippen MR) is 125 cm³/mol. The highest BCUT2D eigenvalue weighted by molar-refractivity contribution is 5.88. The molecule has 0 spiro atoms. The number of aromatic nitrogens is 2. The van der Waals surface area contributed by atoms with Crippen LogP contribution < -0.4 is 10.6 Å². The van der Waals surface area contributed by atoms with Crippen LogP contribution in [0.4, 0.5) is 10.5 Å². The SMILES string of the molecule is C[C@H](NC(=O)C(C)(C)n1cc(NC(=O)OCC2c3ccccc3-c3ccccc32)cn1)C(=O)O. The lowest BCUT2D eigenvalue weighted by atomic mass is 9.98. The number of aliphatic carboxylic acids is 1. The van der Waals surface area contributed by atoms with Crippen molar-refractivity contribution in [2.45, 2.75) is 38.3 Å². The van der Waals surface area contributed by atoms with Crippen LogP contribution in [0.3, 0.4) is 0 Å². The van der Waals surface area contributed by atoms with Crippen molar-refractivity contribution in [2.75, 3.05) is 11.9 Å². The Kier molecular flexibility index (Phi) is 6.10. The van der Waals surface area contributed by atoms with Gasteiger partial charge >= 0.3 is 12.1 Å². The van der Waals surface area contributed by atoms with Crippen molar-refractivity contribution in [2.24, 2.45) is 0 Å². The van der Waals surface area contributed by atoms with Gasteiger partial charge in [0.15, 0.2) is 0 Å². The van der Waals surface area contributed by atoms with Crippen LogP contribution in [0.2, 0.25) is 0 Å². The number of carbonyl (C=O) groups is 3. The van der Waals surface area contributed by atoms with Crippen LogP contribution in [0.1, 0.15) is 37.8 Å². The third-order valence-corrected chi connectivity index (χ3v) is 6.02. The molecular weight excluding hydrogens is 436 g/mol. The van der Waals surface area contributed by atoms with Crippen molar-refractivity contribution in [3.8, 4) is 11.1 Å². The van der Waals surface area contributed by atoms with Gasteiger partial charge in [0.25, 0.3) is 0 Å². The zero-order valence-electron chi connectivity index (χ0n) is 19.1. The summed E-state index contributed by atoms with van der Waals surface area (Å²) in [6, 6.07) is 15.1. The number of benzene rings is 2. The van der Waals surface area contributed by atoms with Crippen molar-refractivity contribution in [1.29, 1.82) is 0 Å². The summed E-state index contributed by atoms with van der Waals surface area (Å²) in [4.78, 5) is 36.0. The highest BCUT2D eigenvalue weighted by Gasteiger charge is 2.33. The molecule has 1 aromatic heterocycles. The van der Waals surface area contributed by atoms with E-state index in [0.717, 1.165) is 22.3 Å². The predicted octanol–water partition coefficient (Wildman–Crippen LogP) is 3.57. The van der Waals surface area contributed by atoms with Crippen LogP contribution in [-0.2, 0) is 19.9 Å². The molecule has 9 nitrogen and oxygen atoms in total. The topological polar surface area (TPSA) is 123 Å². The minimum absolute atomic E-state index is 0.0558. The smallest absolute Gasteiger partial charge is 0.411 e. The molecular formula is C25H26N4O5. The summed E-state index contributed by atoms with van der Waals surface area (Å²) in [6.07, 6.45) is 2.26. The molecule has 1 aliphatic rings. The van der Waals surface area contributed by atoms with Crippen molar-refractivity contribution < 1.29 is 24.2 Å². The Bertz CT molecular complexity index is 1200. The summed E-state index contributed by atoms with van der Waals surface area (Å²) >= 11 is 0. The van der Waals surface area contributed by atoms with Gasteiger partial charge in [-0.1, -0.05) is 48.5 Å². The summed E-state index contributed by atoms with van der Waals surface area (Å²) < 4.78 is 6.89. The average molecular weight is 463 g/mol. The molecule has 0 saturated heterocycles. The monoisotopic (exact) mass is 462 g/mol. The number of carboxylic acids is 1. The van der Waals surface area contributed by atoms with E-state index in [1.165, 1.54) is 24.0 Å². The number of ether oxygens (including phenoxy) is 1. The van der Waals surface area contributed by atoms with Crippen molar-refractivity contribution >= 4 is 23.7 Å². The number of rotatable bonds is 7. The van der Waals surface area contributed by atoms with E-state index in [1.807, 2.05) is 36.4 Å². The van der Waals surface area contributed by atoms with Crippen LogP contribution in [0.25, 0.3) is 11.1 Å². The second-order valence-corrected chi connectivity index (χ2v) is 8.72. The number of carbonyl (C=O) groups excluding carboxylic acids is 2. The van der Waals surface area contributed by atoms with E-state index in [0.29, 0.717) is 5.69 Å². The molecule has 0 radical (unpaired) electrons. The van der Waals surface area contributed by atoms with Crippen molar-refractivity contribution in [1.82, 2.24) is 15.1 Å². The van der Waals surface area contributed by atoms with E-state index in [-0.39, 0.29) is 12.5 Å². The summed E-state index contributed by atoms with van der Waals surface area (Å²) in [5.74, 6) is -1.71. The average Bonchev–Trinajstić information content (AvgIpc) is 3.41. The molecule has 3 N–H and O–H groups in total. The second kappa shape index (κ2) is 9.01. The number of hydrogen-bond donors (Lipinski definition) is 3. The molecule has 2 amide bonds. The molecule has 34 heavy (non-hydrogen) atoms. The van der Waals surface area contributed by atoms with Crippen LogP contribution >= 0.6 is 0 Å². The molecule has 2 aromatic carbocycles. The van der Waals surface area contributed by atoms with Gasteiger partial charge in [0.1, 0.15) is 18.2 Å². The van der Waals surface area contributed by atoms with Gasteiger partial charge in [-0.25, -0.2) is 4.79 Å². The lowest BCUT2D eigenvalue weighted by molar-refractivity contribution is -0.142. The molecule has 1 heterocycles. The van der Waals surface area contributed by atoms with Crippen LogP contribution in [0.5, 0.6) is 0 Å². The van der Waals surface area contributed by atoms with Gasteiger partial charge in [0.2, 0.25) is 5.91 Å². The molecule has 0 saturated carbocycles. The first-order chi connectivity index (χ1) is 16.2. The van der Waals surface area contributed by atoms with Gasteiger partial charge in [0, 0.05) is 12.1 Å². The molecule has 9 heteroatoms. The Morgan fingerprint density at radius 3 is 2.26 bits per heavy atom. The fraction of sp³-hybridized carbons (Fsp3) is 0.280. The highest BCUT2D eigenvalue weighted by Crippen LogP contribution is 2.44. The highest BCUT2D eigenvalue weighted by atomic mass is 16.5. The first-order valence-electron chi connectivity index (χ1n) is 10.9. The summed E-state index contributed by atoms with van der Waals surface area (Å²) in [5.41, 5.74) is 3.70. The van der Waals surface area contributed by atoms with E-state index >= 15 is 0 Å². The van der Waals surface area contributed by atoms with E-state index in [9.17, 15) is 14.4 Å². The number of nitrogens with one attached hydrogen (secondary N) is 2. The molecule has 0 fully saturated rings. The zero-order valence-corrected chi connectivity index (χ0v) is 19.1. The molecule has 3 aromatic rings. The van der Waals surface area contributed by atoms with Crippen LogP contribution in [0.15, 0.2) is 60.9 Å². The Labute approximate surface area is 196 Å².